The van der Waals surface area contributed by atoms with Gasteiger partial charge in [0.2, 0.25) is 5.91 Å². The summed E-state index contributed by atoms with van der Waals surface area (Å²) in [7, 11) is 0. The molecule has 0 spiro atoms. The number of hydrogen-bond donors (Lipinski definition) is 2. The lowest BCUT2D eigenvalue weighted by molar-refractivity contribution is -0.130. The Hall–Kier alpha value is -0.810. The molecule has 1 aromatic rings. The van der Waals surface area contributed by atoms with Crippen LogP contribution in [0.1, 0.15) is 6.92 Å². The van der Waals surface area contributed by atoms with Crippen molar-refractivity contribution in [1.29, 1.82) is 0 Å². The largest absolute Gasteiger partial charge is 0.363 e. The Morgan fingerprint density at radius 1 is 1.50 bits per heavy atom. The Labute approximate surface area is 116 Å². The number of nitrogens with one attached hydrogen (secondary N) is 2. The Morgan fingerprint density at radius 2 is 2.22 bits per heavy atom. The number of anilines is 1. The zero-order valence-electron chi connectivity index (χ0n) is 9.93. The normalized spacial score (nSPS) is 17.1. The Morgan fingerprint density at radius 3 is 2.78 bits per heavy atom. The fourth-order valence-electron chi connectivity index (χ4n) is 1.60. The molecule has 0 unspecified atom stereocenters. The average molecular weight is 289 g/mol. The molecule has 1 saturated heterocycles. The van der Waals surface area contributed by atoms with Crippen LogP contribution in [0.15, 0.2) is 18.2 Å². The molecule has 0 radical (unpaired) electrons. The van der Waals surface area contributed by atoms with E-state index in [-0.39, 0.29) is 18.1 Å². The van der Waals surface area contributed by atoms with Crippen LogP contribution in [0.25, 0.3) is 0 Å². The van der Waals surface area contributed by atoms with E-state index in [4.69, 9.17) is 27.9 Å². The molecule has 98 valence electrons. The van der Waals surface area contributed by atoms with Gasteiger partial charge in [-0.3, -0.25) is 4.79 Å². The topological polar surface area (TPSA) is 50.4 Å². The van der Waals surface area contributed by atoms with Crippen molar-refractivity contribution in [2.75, 3.05) is 25.0 Å². The zero-order valence-corrected chi connectivity index (χ0v) is 11.4. The van der Waals surface area contributed by atoms with Crippen molar-refractivity contribution in [3.63, 3.8) is 0 Å². The van der Waals surface area contributed by atoms with Crippen LogP contribution in [-0.4, -0.2) is 31.2 Å². The zero-order chi connectivity index (χ0) is 13.2. The summed E-state index contributed by atoms with van der Waals surface area (Å²) in [5.74, 6) is -0.229. The molecule has 1 aliphatic rings. The van der Waals surface area contributed by atoms with Gasteiger partial charge in [-0.25, -0.2) is 0 Å². The number of halogens is 2. The Kier molecular flexibility index (Phi) is 4.12. The first-order chi connectivity index (χ1) is 8.48. The van der Waals surface area contributed by atoms with Crippen LogP contribution in [-0.2, 0) is 9.53 Å². The summed E-state index contributed by atoms with van der Waals surface area (Å²) in [5, 5.41) is 6.72. The summed E-state index contributed by atoms with van der Waals surface area (Å²) in [6.45, 7) is 3.51. The number of benzene rings is 1. The standard InChI is InChI=1S/C12H14Cl2N2O2/c1-12(6-15-7-12)18-5-11(17)16-10-3-2-8(13)4-9(10)14/h2-4,15H,5-7H2,1H3,(H,16,17). The summed E-state index contributed by atoms with van der Waals surface area (Å²) >= 11 is 11.7. The lowest BCUT2D eigenvalue weighted by Crippen LogP contribution is -2.59. The van der Waals surface area contributed by atoms with Crippen LogP contribution in [0.5, 0.6) is 0 Å². The van der Waals surface area contributed by atoms with Crippen molar-refractivity contribution in [3.05, 3.63) is 28.2 Å². The highest BCUT2D eigenvalue weighted by Crippen LogP contribution is 2.25. The maximum atomic E-state index is 11.7. The van der Waals surface area contributed by atoms with Gasteiger partial charge in [-0.15, -0.1) is 0 Å². The monoisotopic (exact) mass is 288 g/mol. The fourth-order valence-corrected chi connectivity index (χ4v) is 2.05. The van der Waals surface area contributed by atoms with E-state index in [1.54, 1.807) is 18.2 Å². The molecule has 0 aromatic heterocycles. The van der Waals surface area contributed by atoms with Crippen LogP contribution < -0.4 is 10.6 Å². The molecular formula is C12H14Cl2N2O2. The van der Waals surface area contributed by atoms with Crippen molar-refractivity contribution >= 4 is 34.8 Å². The van der Waals surface area contributed by atoms with Gasteiger partial charge < -0.3 is 15.4 Å². The highest BCUT2D eigenvalue weighted by Gasteiger charge is 2.33. The molecule has 6 heteroatoms. The number of carbonyl (C=O) groups is 1. The minimum absolute atomic E-state index is 0.0110. The van der Waals surface area contributed by atoms with Gasteiger partial charge in [-0.1, -0.05) is 23.2 Å². The second kappa shape index (κ2) is 5.45. The van der Waals surface area contributed by atoms with Crippen molar-refractivity contribution < 1.29 is 9.53 Å². The molecule has 1 heterocycles. The second-order valence-electron chi connectivity index (χ2n) is 4.51. The molecule has 1 aromatic carbocycles. The van der Waals surface area contributed by atoms with Crippen LogP contribution in [0.2, 0.25) is 10.0 Å². The first-order valence-corrected chi connectivity index (χ1v) is 6.34. The fraction of sp³-hybridized carbons (Fsp3) is 0.417. The molecule has 18 heavy (non-hydrogen) atoms. The van der Waals surface area contributed by atoms with Gasteiger partial charge in [0.15, 0.2) is 0 Å². The second-order valence-corrected chi connectivity index (χ2v) is 5.36. The van der Waals surface area contributed by atoms with Gasteiger partial charge in [-0.2, -0.15) is 0 Å². The van der Waals surface area contributed by atoms with E-state index in [0.717, 1.165) is 13.1 Å². The van der Waals surface area contributed by atoms with E-state index >= 15 is 0 Å². The molecular weight excluding hydrogens is 275 g/mol. The lowest BCUT2D eigenvalue weighted by atomic mass is 10.0. The molecule has 1 fully saturated rings. The van der Waals surface area contributed by atoms with Crippen LogP contribution >= 0.6 is 23.2 Å². The van der Waals surface area contributed by atoms with Crippen LogP contribution in [0, 0.1) is 0 Å². The summed E-state index contributed by atoms with van der Waals surface area (Å²) in [4.78, 5) is 11.7. The molecule has 0 aliphatic carbocycles. The van der Waals surface area contributed by atoms with E-state index in [1.807, 2.05) is 6.92 Å². The molecule has 1 aliphatic heterocycles. The minimum Gasteiger partial charge on any atom is -0.363 e. The van der Waals surface area contributed by atoms with Crippen molar-refractivity contribution in [3.8, 4) is 0 Å². The Bertz CT molecular complexity index is 461. The van der Waals surface area contributed by atoms with E-state index in [0.29, 0.717) is 15.7 Å². The van der Waals surface area contributed by atoms with Crippen molar-refractivity contribution in [2.24, 2.45) is 0 Å². The summed E-state index contributed by atoms with van der Waals surface area (Å²) in [5.41, 5.74) is 0.299. The maximum Gasteiger partial charge on any atom is 0.250 e. The summed E-state index contributed by atoms with van der Waals surface area (Å²) in [6.07, 6.45) is 0. The third-order valence-corrected chi connectivity index (χ3v) is 3.30. The van der Waals surface area contributed by atoms with Gasteiger partial charge in [0, 0.05) is 18.1 Å². The average Bonchev–Trinajstić information content (AvgIpc) is 2.28. The lowest BCUT2D eigenvalue weighted by Gasteiger charge is -2.38. The molecule has 4 nitrogen and oxygen atoms in total. The molecule has 2 rings (SSSR count). The van der Waals surface area contributed by atoms with Crippen LogP contribution in [0.3, 0.4) is 0 Å². The number of carbonyl (C=O) groups excluding carboxylic acids is 1. The predicted octanol–water partition coefficient (Wildman–Crippen LogP) is 2.31. The molecule has 0 atom stereocenters. The third-order valence-electron chi connectivity index (χ3n) is 2.75. The highest BCUT2D eigenvalue weighted by atomic mass is 35.5. The van der Waals surface area contributed by atoms with Gasteiger partial charge in [0.1, 0.15) is 6.61 Å². The van der Waals surface area contributed by atoms with Crippen molar-refractivity contribution in [2.45, 2.75) is 12.5 Å². The highest BCUT2D eigenvalue weighted by molar-refractivity contribution is 6.36. The summed E-state index contributed by atoms with van der Waals surface area (Å²) < 4.78 is 5.52. The van der Waals surface area contributed by atoms with E-state index in [9.17, 15) is 4.79 Å². The third kappa shape index (κ3) is 3.36. The van der Waals surface area contributed by atoms with E-state index < -0.39 is 0 Å². The predicted molar refractivity (Wildman–Crippen MR) is 72.3 cm³/mol. The first kappa shape index (κ1) is 13.6. The van der Waals surface area contributed by atoms with Gasteiger partial charge in [-0.05, 0) is 25.1 Å². The SMILES string of the molecule is CC1(OCC(=O)Nc2ccc(Cl)cc2Cl)CNC1. The van der Waals surface area contributed by atoms with Crippen molar-refractivity contribution in [1.82, 2.24) is 5.32 Å². The smallest absolute Gasteiger partial charge is 0.250 e. The Balaban J connectivity index is 1.87. The van der Waals surface area contributed by atoms with Gasteiger partial charge >= 0.3 is 0 Å². The maximum absolute atomic E-state index is 11.7. The molecule has 0 bridgehead atoms. The van der Waals surface area contributed by atoms with E-state index in [2.05, 4.69) is 10.6 Å². The first-order valence-electron chi connectivity index (χ1n) is 5.58. The van der Waals surface area contributed by atoms with Crippen LogP contribution in [0.4, 0.5) is 5.69 Å². The molecule has 1 amide bonds. The van der Waals surface area contributed by atoms with E-state index in [1.165, 1.54) is 0 Å². The number of amides is 1. The van der Waals surface area contributed by atoms with Gasteiger partial charge in [0.25, 0.3) is 0 Å². The molecule has 2 N–H and O–H groups in total. The quantitative estimate of drug-likeness (QED) is 0.894. The van der Waals surface area contributed by atoms with Gasteiger partial charge in [0.05, 0.1) is 16.3 Å². The summed E-state index contributed by atoms with van der Waals surface area (Å²) in [6, 6.07) is 4.91. The number of ether oxygens (including phenoxy) is 1. The minimum atomic E-state index is -0.235. The number of hydrogen-bond acceptors (Lipinski definition) is 3. The number of rotatable bonds is 4. The molecule has 0 saturated carbocycles.